The molecule has 0 saturated carbocycles. The third kappa shape index (κ3) is 2.26. The molecular formula is C15H15NO. The largest absolute Gasteiger partial charge is 0.289 e. The van der Waals surface area contributed by atoms with Gasteiger partial charge >= 0.3 is 0 Å². The van der Waals surface area contributed by atoms with Gasteiger partial charge in [-0.3, -0.25) is 9.78 Å². The zero-order valence-electron chi connectivity index (χ0n) is 10.3. The van der Waals surface area contributed by atoms with Crippen LogP contribution in [-0.4, -0.2) is 10.8 Å². The van der Waals surface area contributed by atoms with Crippen LogP contribution in [0, 0.1) is 20.8 Å². The van der Waals surface area contributed by atoms with E-state index in [4.69, 9.17) is 0 Å². The Morgan fingerprint density at radius 1 is 1.00 bits per heavy atom. The van der Waals surface area contributed by atoms with Crippen LogP contribution in [0.3, 0.4) is 0 Å². The number of benzene rings is 1. The maximum absolute atomic E-state index is 12.4. The number of carbonyl (C=O) groups excluding carboxylic acids is 1. The van der Waals surface area contributed by atoms with Gasteiger partial charge in [0.05, 0.1) is 0 Å². The monoisotopic (exact) mass is 225 g/mol. The maximum Gasteiger partial charge on any atom is 0.195 e. The zero-order valence-corrected chi connectivity index (χ0v) is 10.3. The molecule has 17 heavy (non-hydrogen) atoms. The minimum atomic E-state index is 0.0492. The highest BCUT2D eigenvalue weighted by Crippen LogP contribution is 2.17. The molecule has 0 bridgehead atoms. The van der Waals surface area contributed by atoms with Gasteiger partial charge < -0.3 is 0 Å². The minimum absolute atomic E-state index is 0.0492. The Morgan fingerprint density at radius 3 is 2.41 bits per heavy atom. The Hall–Kier alpha value is -1.96. The first kappa shape index (κ1) is 11.5. The summed E-state index contributed by atoms with van der Waals surface area (Å²) in [4.78, 5) is 16.4. The third-order valence-electron chi connectivity index (χ3n) is 2.91. The predicted molar refractivity (Wildman–Crippen MR) is 68.3 cm³/mol. The number of aryl methyl sites for hydroxylation is 3. The minimum Gasteiger partial charge on any atom is -0.289 e. The van der Waals surface area contributed by atoms with Crippen LogP contribution in [0.15, 0.2) is 36.7 Å². The highest BCUT2D eigenvalue weighted by molar-refractivity contribution is 6.10. The summed E-state index contributed by atoms with van der Waals surface area (Å²) < 4.78 is 0. The number of carbonyl (C=O) groups is 1. The normalized spacial score (nSPS) is 10.3. The molecule has 0 aliphatic heterocycles. The number of hydrogen-bond donors (Lipinski definition) is 0. The molecule has 0 atom stereocenters. The van der Waals surface area contributed by atoms with Crippen LogP contribution in [0.25, 0.3) is 0 Å². The molecule has 0 radical (unpaired) electrons. The Kier molecular flexibility index (Phi) is 3.05. The van der Waals surface area contributed by atoms with E-state index >= 15 is 0 Å². The van der Waals surface area contributed by atoms with Gasteiger partial charge in [-0.1, -0.05) is 23.8 Å². The van der Waals surface area contributed by atoms with E-state index in [-0.39, 0.29) is 5.78 Å². The lowest BCUT2D eigenvalue weighted by Gasteiger charge is -2.07. The first-order valence-electron chi connectivity index (χ1n) is 5.62. The van der Waals surface area contributed by atoms with Crippen molar-refractivity contribution in [3.8, 4) is 0 Å². The molecule has 0 amide bonds. The predicted octanol–water partition coefficient (Wildman–Crippen LogP) is 3.24. The number of ketones is 1. The van der Waals surface area contributed by atoms with E-state index < -0.39 is 0 Å². The summed E-state index contributed by atoms with van der Waals surface area (Å²) in [7, 11) is 0. The zero-order chi connectivity index (χ0) is 12.4. The molecule has 1 aromatic heterocycles. The van der Waals surface area contributed by atoms with Crippen molar-refractivity contribution >= 4 is 5.78 Å². The summed E-state index contributed by atoms with van der Waals surface area (Å²) in [5, 5.41) is 0. The Labute approximate surface area is 101 Å². The van der Waals surface area contributed by atoms with E-state index in [1.54, 1.807) is 12.4 Å². The number of rotatable bonds is 2. The molecule has 1 heterocycles. The van der Waals surface area contributed by atoms with Crippen molar-refractivity contribution in [2.75, 3.05) is 0 Å². The second-order valence-electron chi connectivity index (χ2n) is 4.34. The summed E-state index contributed by atoms with van der Waals surface area (Å²) in [6.45, 7) is 5.92. The van der Waals surface area contributed by atoms with Gasteiger partial charge in [0.15, 0.2) is 5.78 Å². The van der Waals surface area contributed by atoms with Crippen LogP contribution in [0.5, 0.6) is 0 Å². The fraction of sp³-hybridized carbons (Fsp3) is 0.200. The van der Waals surface area contributed by atoms with E-state index in [0.717, 1.165) is 16.7 Å². The van der Waals surface area contributed by atoms with Crippen molar-refractivity contribution in [1.82, 2.24) is 4.98 Å². The number of nitrogens with zero attached hydrogens (tertiary/aromatic N) is 1. The van der Waals surface area contributed by atoms with E-state index in [2.05, 4.69) is 4.98 Å². The van der Waals surface area contributed by atoms with Crippen molar-refractivity contribution in [1.29, 1.82) is 0 Å². The molecule has 0 aliphatic rings. The Morgan fingerprint density at radius 2 is 1.76 bits per heavy atom. The standard InChI is InChI=1S/C15H15NO/c1-10-4-5-13(12(3)8-10)15(17)14-9-16-7-6-11(14)2/h4-9H,1-3H3. The van der Waals surface area contributed by atoms with Gasteiger partial charge in [-0.2, -0.15) is 0 Å². The van der Waals surface area contributed by atoms with Crippen LogP contribution in [0.4, 0.5) is 0 Å². The number of hydrogen-bond acceptors (Lipinski definition) is 2. The van der Waals surface area contributed by atoms with Crippen molar-refractivity contribution in [2.24, 2.45) is 0 Å². The summed E-state index contributed by atoms with van der Waals surface area (Å²) in [5.41, 5.74) is 4.58. The van der Waals surface area contributed by atoms with Crippen LogP contribution in [0.2, 0.25) is 0 Å². The fourth-order valence-corrected chi connectivity index (χ4v) is 1.92. The number of aromatic nitrogens is 1. The molecule has 0 saturated heterocycles. The summed E-state index contributed by atoms with van der Waals surface area (Å²) in [6, 6.07) is 7.74. The van der Waals surface area contributed by atoms with E-state index in [1.807, 2.05) is 45.0 Å². The molecule has 0 N–H and O–H groups in total. The molecule has 2 heteroatoms. The third-order valence-corrected chi connectivity index (χ3v) is 2.91. The topological polar surface area (TPSA) is 30.0 Å². The molecule has 2 nitrogen and oxygen atoms in total. The van der Waals surface area contributed by atoms with E-state index in [0.29, 0.717) is 5.56 Å². The molecule has 2 rings (SSSR count). The highest BCUT2D eigenvalue weighted by atomic mass is 16.1. The van der Waals surface area contributed by atoms with Gasteiger partial charge in [0.1, 0.15) is 0 Å². The van der Waals surface area contributed by atoms with Crippen LogP contribution in [-0.2, 0) is 0 Å². The molecular weight excluding hydrogens is 210 g/mol. The maximum atomic E-state index is 12.4. The van der Waals surface area contributed by atoms with Gasteiger partial charge in [-0.15, -0.1) is 0 Å². The molecule has 2 aromatic rings. The highest BCUT2D eigenvalue weighted by Gasteiger charge is 2.13. The van der Waals surface area contributed by atoms with Crippen LogP contribution >= 0.6 is 0 Å². The molecule has 0 aliphatic carbocycles. The van der Waals surface area contributed by atoms with Crippen molar-refractivity contribution < 1.29 is 4.79 Å². The number of pyridine rings is 1. The quantitative estimate of drug-likeness (QED) is 0.734. The molecule has 1 aromatic carbocycles. The van der Waals surface area contributed by atoms with Crippen molar-refractivity contribution in [3.05, 3.63) is 64.5 Å². The van der Waals surface area contributed by atoms with Gasteiger partial charge in [0.25, 0.3) is 0 Å². The second kappa shape index (κ2) is 4.50. The van der Waals surface area contributed by atoms with Crippen molar-refractivity contribution in [3.63, 3.8) is 0 Å². The lowest BCUT2D eigenvalue weighted by atomic mass is 9.96. The van der Waals surface area contributed by atoms with Gasteiger partial charge in [-0.05, 0) is 38.0 Å². The Bertz CT molecular complexity index is 573. The molecule has 0 unspecified atom stereocenters. The van der Waals surface area contributed by atoms with Crippen LogP contribution in [0.1, 0.15) is 32.6 Å². The Balaban J connectivity index is 2.48. The second-order valence-corrected chi connectivity index (χ2v) is 4.34. The summed E-state index contributed by atoms with van der Waals surface area (Å²) >= 11 is 0. The van der Waals surface area contributed by atoms with E-state index in [1.165, 1.54) is 5.56 Å². The average Bonchev–Trinajstić information content (AvgIpc) is 2.29. The smallest absolute Gasteiger partial charge is 0.195 e. The first-order chi connectivity index (χ1) is 8.09. The average molecular weight is 225 g/mol. The summed E-state index contributed by atoms with van der Waals surface area (Å²) in [5.74, 6) is 0.0492. The molecule has 86 valence electrons. The van der Waals surface area contributed by atoms with Gasteiger partial charge in [-0.25, -0.2) is 0 Å². The lowest BCUT2D eigenvalue weighted by Crippen LogP contribution is -2.06. The lowest BCUT2D eigenvalue weighted by molar-refractivity contribution is 0.103. The van der Waals surface area contributed by atoms with Gasteiger partial charge in [0, 0.05) is 23.5 Å². The molecule has 0 fully saturated rings. The van der Waals surface area contributed by atoms with Gasteiger partial charge in [0.2, 0.25) is 0 Å². The first-order valence-corrected chi connectivity index (χ1v) is 5.62. The molecule has 0 spiro atoms. The summed E-state index contributed by atoms with van der Waals surface area (Å²) in [6.07, 6.45) is 3.34. The van der Waals surface area contributed by atoms with Crippen LogP contribution < -0.4 is 0 Å². The van der Waals surface area contributed by atoms with E-state index in [9.17, 15) is 4.79 Å². The SMILES string of the molecule is Cc1ccc(C(=O)c2cnccc2C)c(C)c1. The fourth-order valence-electron chi connectivity index (χ4n) is 1.92. The van der Waals surface area contributed by atoms with Crippen molar-refractivity contribution in [2.45, 2.75) is 20.8 Å².